The molecular formula is C23H27BN2O3. The molecule has 4 rings (SSSR count). The molecule has 1 aromatic heterocycles. The molecule has 2 heterocycles. The van der Waals surface area contributed by atoms with Crippen LogP contribution in [0.2, 0.25) is 0 Å². The summed E-state index contributed by atoms with van der Waals surface area (Å²) in [5.74, 6) is 0.858. The van der Waals surface area contributed by atoms with Crippen LogP contribution in [0.25, 0.3) is 11.1 Å². The summed E-state index contributed by atoms with van der Waals surface area (Å²) in [7, 11) is 1.33. The van der Waals surface area contributed by atoms with Crippen LogP contribution in [0.5, 0.6) is 5.75 Å². The number of hydrogen-bond acceptors (Lipinski definition) is 4. The van der Waals surface area contributed by atoms with Crippen molar-refractivity contribution < 1.29 is 14.0 Å². The molecule has 1 aliphatic heterocycles. The van der Waals surface area contributed by atoms with E-state index in [9.17, 15) is 0 Å². The Balaban J connectivity index is 1.46. The number of methoxy groups -OCH3 is 1. The highest BCUT2D eigenvalue weighted by molar-refractivity contribution is 6.62. The summed E-state index contributed by atoms with van der Waals surface area (Å²) in [5, 5.41) is 4.50. The van der Waals surface area contributed by atoms with E-state index in [4.69, 9.17) is 14.0 Å². The first-order valence-electron chi connectivity index (χ1n) is 9.89. The third kappa shape index (κ3) is 3.95. The van der Waals surface area contributed by atoms with E-state index >= 15 is 0 Å². The number of ether oxygens (including phenoxy) is 1. The van der Waals surface area contributed by atoms with Gasteiger partial charge in [-0.2, -0.15) is 5.10 Å². The van der Waals surface area contributed by atoms with E-state index in [2.05, 4.69) is 75.4 Å². The third-order valence-corrected chi connectivity index (χ3v) is 5.91. The van der Waals surface area contributed by atoms with Crippen LogP contribution in [0.4, 0.5) is 0 Å². The summed E-state index contributed by atoms with van der Waals surface area (Å²) in [6.45, 7) is 8.99. The van der Waals surface area contributed by atoms with Crippen LogP contribution in [0.3, 0.4) is 0 Å². The summed E-state index contributed by atoms with van der Waals surface area (Å²) in [6, 6.07) is 16.4. The van der Waals surface area contributed by atoms with Gasteiger partial charge < -0.3 is 14.0 Å². The van der Waals surface area contributed by atoms with Gasteiger partial charge >= 0.3 is 7.12 Å². The largest absolute Gasteiger partial charge is 0.497 e. The first kappa shape index (κ1) is 19.7. The number of hydrogen-bond donors (Lipinski definition) is 0. The average molecular weight is 390 g/mol. The molecule has 0 amide bonds. The van der Waals surface area contributed by atoms with Crippen molar-refractivity contribution in [1.82, 2.24) is 9.78 Å². The van der Waals surface area contributed by atoms with E-state index < -0.39 is 0 Å². The Morgan fingerprint density at radius 1 is 0.897 bits per heavy atom. The first-order valence-corrected chi connectivity index (χ1v) is 9.89. The van der Waals surface area contributed by atoms with E-state index in [1.165, 1.54) is 5.56 Å². The zero-order valence-electron chi connectivity index (χ0n) is 17.7. The maximum atomic E-state index is 6.14. The van der Waals surface area contributed by atoms with Gasteiger partial charge in [-0.1, -0.05) is 36.4 Å². The highest BCUT2D eigenvalue weighted by Crippen LogP contribution is 2.36. The van der Waals surface area contributed by atoms with Crippen molar-refractivity contribution in [2.45, 2.75) is 45.4 Å². The molecule has 0 atom stereocenters. The van der Waals surface area contributed by atoms with Gasteiger partial charge in [-0.05, 0) is 56.4 Å². The highest BCUT2D eigenvalue weighted by Gasteiger charge is 2.51. The summed E-state index contributed by atoms with van der Waals surface area (Å²) in [6.07, 6.45) is 3.96. The lowest BCUT2D eigenvalue weighted by Crippen LogP contribution is -2.41. The lowest BCUT2D eigenvalue weighted by molar-refractivity contribution is 0.00578. The molecule has 0 unspecified atom stereocenters. The van der Waals surface area contributed by atoms with Crippen LogP contribution < -0.4 is 10.2 Å². The predicted octanol–water partition coefficient (Wildman–Crippen LogP) is 3.91. The van der Waals surface area contributed by atoms with E-state index in [1.807, 2.05) is 23.0 Å². The number of rotatable bonds is 5. The van der Waals surface area contributed by atoms with E-state index in [0.717, 1.165) is 28.9 Å². The Morgan fingerprint density at radius 3 is 2.10 bits per heavy atom. The quantitative estimate of drug-likeness (QED) is 0.620. The Labute approximate surface area is 172 Å². The molecule has 6 heteroatoms. The van der Waals surface area contributed by atoms with Gasteiger partial charge in [0.1, 0.15) is 5.75 Å². The average Bonchev–Trinajstić information content (AvgIpc) is 3.24. The summed E-state index contributed by atoms with van der Waals surface area (Å²) in [5.41, 5.74) is 3.73. The van der Waals surface area contributed by atoms with E-state index in [0.29, 0.717) is 0 Å². The smallest absolute Gasteiger partial charge is 0.494 e. The zero-order chi connectivity index (χ0) is 20.6. The maximum absolute atomic E-state index is 6.14. The Kier molecular flexibility index (Phi) is 5.01. The van der Waals surface area contributed by atoms with Crippen molar-refractivity contribution in [2.24, 2.45) is 0 Å². The molecule has 150 valence electrons. The summed E-state index contributed by atoms with van der Waals surface area (Å²) in [4.78, 5) is 0. The fourth-order valence-electron chi connectivity index (χ4n) is 3.33. The van der Waals surface area contributed by atoms with Crippen LogP contribution in [-0.4, -0.2) is 35.2 Å². The maximum Gasteiger partial charge on any atom is 0.494 e. The van der Waals surface area contributed by atoms with Gasteiger partial charge in [0.25, 0.3) is 0 Å². The minimum absolute atomic E-state index is 0.334. The molecule has 0 spiro atoms. The number of nitrogens with zero attached hydrogens (tertiary/aromatic N) is 2. The second-order valence-electron chi connectivity index (χ2n) is 8.48. The normalized spacial score (nSPS) is 17.5. The lowest BCUT2D eigenvalue weighted by Gasteiger charge is -2.32. The van der Waals surface area contributed by atoms with Crippen molar-refractivity contribution in [3.63, 3.8) is 0 Å². The van der Waals surface area contributed by atoms with E-state index in [1.54, 1.807) is 7.11 Å². The van der Waals surface area contributed by atoms with Gasteiger partial charge in [-0.25, -0.2) is 0 Å². The molecule has 5 nitrogen and oxygen atoms in total. The van der Waals surface area contributed by atoms with Gasteiger partial charge in [0.05, 0.1) is 31.1 Å². The molecular weight excluding hydrogens is 363 g/mol. The van der Waals surface area contributed by atoms with Crippen molar-refractivity contribution in [1.29, 1.82) is 0 Å². The zero-order valence-corrected chi connectivity index (χ0v) is 17.7. The van der Waals surface area contributed by atoms with Gasteiger partial charge in [0.2, 0.25) is 0 Å². The van der Waals surface area contributed by atoms with E-state index in [-0.39, 0.29) is 18.3 Å². The monoisotopic (exact) mass is 390 g/mol. The lowest BCUT2D eigenvalue weighted by atomic mass is 9.78. The van der Waals surface area contributed by atoms with Gasteiger partial charge in [0.15, 0.2) is 0 Å². The second-order valence-corrected chi connectivity index (χ2v) is 8.48. The fraction of sp³-hybridized carbons (Fsp3) is 0.348. The van der Waals surface area contributed by atoms with Crippen LogP contribution >= 0.6 is 0 Å². The minimum atomic E-state index is -0.341. The van der Waals surface area contributed by atoms with Gasteiger partial charge in [-0.3, -0.25) is 4.68 Å². The molecule has 3 aromatic rings. The molecule has 2 aromatic carbocycles. The number of aromatic nitrogens is 2. The third-order valence-electron chi connectivity index (χ3n) is 5.91. The topological polar surface area (TPSA) is 45.5 Å². The van der Waals surface area contributed by atoms with Gasteiger partial charge in [0, 0.05) is 11.8 Å². The Hall–Kier alpha value is -2.57. The van der Waals surface area contributed by atoms with Crippen LogP contribution in [0.15, 0.2) is 60.9 Å². The molecule has 1 aliphatic rings. The summed E-state index contributed by atoms with van der Waals surface area (Å²) >= 11 is 0. The molecule has 0 aliphatic carbocycles. The van der Waals surface area contributed by atoms with Crippen molar-refractivity contribution in [3.05, 3.63) is 66.5 Å². The molecule has 0 saturated carbocycles. The molecule has 0 radical (unpaired) electrons. The molecule has 1 saturated heterocycles. The number of benzene rings is 2. The Bertz CT molecular complexity index is 962. The van der Waals surface area contributed by atoms with Gasteiger partial charge in [-0.15, -0.1) is 0 Å². The predicted molar refractivity (Wildman–Crippen MR) is 115 cm³/mol. The van der Waals surface area contributed by atoms with Crippen molar-refractivity contribution >= 4 is 12.6 Å². The van der Waals surface area contributed by atoms with Crippen LogP contribution in [0.1, 0.15) is 33.3 Å². The molecule has 29 heavy (non-hydrogen) atoms. The molecule has 0 N–H and O–H groups in total. The van der Waals surface area contributed by atoms with Crippen LogP contribution in [-0.2, 0) is 15.9 Å². The standard InChI is InChI=1S/C23H27BN2O3/c1-22(2)23(3,4)29-24(28-22)20-10-8-18(9-11-20)19-14-25-26(16-19)15-17-6-12-21(27-5)13-7-17/h6-14,16H,15H2,1-5H3. The van der Waals surface area contributed by atoms with Crippen molar-refractivity contribution in [3.8, 4) is 16.9 Å². The Morgan fingerprint density at radius 2 is 1.52 bits per heavy atom. The summed E-state index contributed by atoms with van der Waals surface area (Å²) < 4.78 is 19.4. The van der Waals surface area contributed by atoms with Crippen LogP contribution in [0, 0.1) is 0 Å². The fourth-order valence-corrected chi connectivity index (χ4v) is 3.33. The first-order chi connectivity index (χ1) is 13.8. The molecule has 1 fully saturated rings. The highest BCUT2D eigenvalue weighted by atomic mass is 16.7. The van der Waals surface area contributed by atoms with Crippen molar-refractivity contribution in [2.75, 3.05) is 7.11 Å². The minimum Gasteiger partial charge on any atom is -0.497 e. The second kappa shape index (κ2) is 7.36. The molecule has 0 bridgehead atoms. The SMILES string of the molecule is COc1ccc(Cn2cc(-c3ccc(B4OC(C)(C)C(C)(C)O4)cc3)cn2)cc1.